The highest BCUT2D eigenvalue weighted by molar-refractivity contribution is 6.39. The normalized spacial score (nSPS) is 10.8. The highest BCUT2D eigenvalue weighted by atomic mass is 35.5. The Hall–Kier alpha value is -2.08. The molecule has 0 unspecified atom stereocenters. The van der Waals surface area contributed by atoms with Crippen molar-refractivity contribution in [2.75, 3.05) is 32.5 Å². The molecule has 150 valence electrons. The number of nitrogens with zero attached hydrogens (tertiary/aromatic N) is 2. The van der Waals surface area contributed by atoms with Crippen LogP contribution in [0, 0.1) is 13.8 Å². The van der Waals surface area contributed by atoms with E-state index >= 15 is 0 Å². The van der Waals surface area contributed by atoms with Crippen molar-refractivity contribution in [1.82, 2.24) is 9.80 Å². The van der Waals surface area contributed by atoms with Gasteiger partial charge >= 0.3 is 0 Å². The van der Waals surface area contributed by atoms with Gasteiger partial charge in [0.05, 0.1) is 28.8 Å². The number of likely N-dealkylation sites (N-methyl/N-ethyl adjacent to an activating group) is 2. The summed E-state index contributed by atoms with van der Waals surface area (Å²) < 4.78 is 0. The van der Waals surface area contributed by atoms with Crippen LogP contribution in [0.2, 0.25) is 10.0 Å². The van der Waals surface area contributed by atoms with Crippen LogP contribution in [0.25, 0.3) is 0 Å². The van der Waals surface area contributed by atoms with Crippen LogP contribution in [0.4, 0.5) is 5.69 Å². The van der Waals surface area contributed by atoms with Gasteiger partial charge in [0.25, 0.3) is 0 Å². The van der Waals surface area contributed by atoms with Gasteiger partial charge in [0.2, 0.25) is 11.8 Å². The number of rotatable bonds is 7. The minimum atomic E-state index is -0.358. The Kier molecular flexibility index (Phi) is 7.87. The largest absolute Gasteiger partial charge is 0.335 e. The summed E-state index contributed by atoms with van der Waals surface area (Å²) in [7, 11) is 3.48. The fraction of sp³-hybridized carbons (Fsp3) is 0.333. The zero-order valence-electron chi connectivity index (χ0n) is 16.6. The first-order chi connectivity index (χ1) is 13.2. The summed E-state index contributed by atoms with van der Waals surface area (Å²) in [5, 5.41) is 3.36. The van der Waals surface area contributed by atoms with Gasteiger partial charge in [0.1, 0.15) is 0 Å². The lowest BCUT2D eigenvalue weighted by molar-refractivity contribution is -0.134. The Morgan fingerprint density at radius 1 is 1.00 bits per heavy atom. The molecule has 0 aliphatic carbocycles. The average molecular weight is 422 g/mol. The monoisotopic (exact) mass is 421 g/mol. The summed E-state index contributed by atoms with van der Waals surface area (Å²) >= 11 is 12.1. The molecule has 0 saturated heterocycles. The third kappa shape index (κ3) is 6.23. The van der Waals surface area contributed by atoms with Crippen molar-refractivity contribution in [2.24, 2.45) is 0 Å². The van der Waals surface area contributed by atoms with Crippen LogP contribution in [0.3, 0.4) is 0 Å². The second-order valence-corrected chi connectivity index (χ2v) is 7.81. The first kappa shape index (κ1) is 22.2. The summed E-state index contributed by atoms with van der Waals surface area (Å²) in [4.78, 5) is 28.0. The topological polar surface area (TPSA) is 52.7 Å². The Bertz CT molecular complexity index is 850. The number of para-hydroxylation sites is 1. The number of benzene rings is 2. The lowest BCUT2D eigenvalue weighted by Crippen LogP contribution is -2.40. The maximum absolute atomic E-state index is 12.5. The van der Waals surface area contributed by atoms with Gasteiger partial charge in [-0.1, -0.05) is 53.0 Å². The van der Waals surface area contributed by atoms with E-state index in [1.54, 1.807) is 25.2 Å². The molecule has 5 nitrogen and oxygen atoms in total. The minimum absolute atomic E-state index is 0.0855. The van der Waals surface area contributed by atoms with Crippen LogP contribution in [0.15, 0.2) is 36.4 Å². The summed E-state index contributed by atoms with van der Waals surface area (Å²) in [5.74, 6) is -0.504. The number of hydrogen-bond acceptors (Lipinski definition) is 3. The van der Waals surface area contributed by atoms with Crippen LogP contribution in [0.5, 0.6) is 0 Å². The van der Waals surface area contributed by atoms with Gasteiger partial charge in [-0.05, 0) is 44.2 Å². The van der Waals surface area contributed by atoms with E-state index in [-0.39, 0.29) is 24.9 Å². The van der Waals surface area contributed by atoms with Gasteiger partial charge < -0.3 is 10.2 Å². The number of anilines is 1. The van der Waals surface area contributed by atoms with Crippen molar-refractivity contribution in [3.05, 3.63) is 63.1 Å². The summed E-state index contributed by atoms with van der Waals surface area (Å²) in [6.45, 7) is 4.91. The zero-order chi connectivity index (χ0) is 20.8. The highest BCUT2D eigenvalue weighted by Gasteiger charge is 2.17. The van der Waals surface area contributed by atoms with E-state index in [9.17, 15) is 9.59 Å². The molecule has 0 bridgehead atoms. The van der Waals surface area contributed by atoms with E-state index in [0.717, 1.165) is 0 Å². The van der Waals surface area contributed by atoms with Crippen LogP contribution in [0.1, 0.15) is 16.7 Å². The van der Waals surface area contributed by atoms with E-state index in [2.05, 4.69) is 37.4 Å². The van der Waals surface area contributed by atoms with Crippen molar-refractivity contribution in [2.45, 2.75) is 20.4 Å². The predicted octanol–water partition coefficient (Wildman–Crippen LogP) is 4.14. The highest BCUT2D eigenvalue weighted by Crippen LogP contribution is 2.29. The smallest absolute Gasteiger partial charge is 0.244 e. The number of halogens is 2. The van der Waals surface area contributed by atoms with Crippen molar-refractivity contribution >= 4 is 40.7 Å². The number of nitrogens with one attached hydrogen (secondary N) is 1. The number of hydrogen-bond donors (Lipinski definition) is 1. The van der Waals surface area contributed by atoms with Gasteiger partial charge in [-0.25, -0.2) is 0 Å². The number of carbonyl (C=O) groups excluding carboxylic acids is 2. The molecular weight excluding hydrogens is 397 g/mol. The second-order valence-electron chi connectivity index (χ2n) is 7.00. The average Bonchev–Trinajstić information content (AvgIpc) is 2.60. The summed E-state index contributed by atoms with van der Waals surface area (Å²) in [5.41, 5.74) is 3.94. The summed E-state index contributed by atoms with van der Waals surface area (Å²) in [6, 6.07) is 11.2. The molecule has 2 rings (SSSR count). The van der Waals surface area contributed by atoms with Gasteiger partial charge in [0.15, 0.2) is 0 Å². The number of carbonyl (C=O) groups is 2. The Morgan fingerprint density at radius 3 is 2.25 bits per heavy atom. The van der Waals surface area contributed by atoms with Gasteiger partial charge in [-0.3, -0.25) is 14.5 Å². The van der Waals surface area contributed by atoms with E-state index in [1.165, 1.54) is 21.6 Å². The zero-order valence-corrected chi connectivity index (χ0v) is 18.1. The molecule has 0 radical (unpaired) electrons. The molecule has 1 N–H and O–H groups in total. The minimum Gasteiger partial charge on any atom is -0.335 e. The molecule has 0 aliphatic heterocycles. The third-order valence-corrected chi connectivity index (χ3v) is 5.01. The van der Waals surface area contributed by atoms with E-state index in [1.807, 2.05) is 11.9 Å². The second kappa shape index (κ2) is 9.92. The Balaban J connectivity index is 1.88. The van der Waals surface area contributed by atoms with Crippen molar-refractivity contribution in [1.29, 1.82) is 0 Å². The molecule has 0 aliphatic rings. The predicted molar refractivity (Wildman–Crippen MR) is 115 cm³/mol. The van der Waals surface area contributed by atoms with Crippen molar-refractivity contribution in [3.8, 4) is 0 Å². The molecule has 0 spiro atoms. The SMILES string of the molecule is Cc1ccc(CN(C)CC(=O)N(C)CC(=O)Nc2c(Cl)cccc2Cl)c(C)c1. The molecule has 2 aromatic carbocycles. The van der Waals surface area contributed by atoms with Gasteiger partial charge in [0, 0.05) is 13.6 Å². The quantitative estimate of drug-likeness (QED) is 0.730. The molecule has 7 heteroatoms. The molecule has 2 amide bonds. The van der Waals surface area contributed by atoms with Crippen molar-refractivity contribution in [3.63, 3.8) is 0 Å². The van der Waals surface area contributed by atoms with E-state index in [4.69, 9.17) is 23.2 Å². The lowest BCUT2D eigenvalue weighted by atomic mass is 10.1. The molecule has 2 aromatic rings. The van der Waals surface area contributed by atoms with Crippen molar-refractivity contribution < 1.29 is 9.59 Å². The van der Waals surface area contributed by atoms with Crippen LogP contribution in [-0.4, -0.2) is 48.8 Å². The Labute approximate surface area is 176 Å². The number of aryl methyl sites for hydroxylation is 2. The lowest BCUT2D eigenvalue weighted by Gasteiger charge is -2.22. The fourth-order valence-corrected chi connectivity index (χ4v) is 3.31. The molecule has 0 aromatic heterocycles. The van der Waals surface area contributed by atoms with Crippen LogP contribution < -0.4 is 5.32 Å². The van der Waals surface area contributed by atoms with E-state index in [0.29, 0.717) is 22.3 Å². The first-order valence-corrected chi connectivity index (χ1v) is 9.65. The van der Waals surface area contributed by atoms with Gasteiger partial charge in [-0.15, -0.1) is 0 Å². The first-order valence-electron chi connectivity index (χ1n) is 8.90. The van der Waals surface area contributed by atoms with Crippen LogP contribution in [-0.2, 0) is 16.1 Å². The van der Waals surface area contributed by atoms with Crippen LogP contribution >= 0.6 is 23.2 Å². The maximum atomic E-state index is 12.5. The standard InChI is InChI=1S/C21H25Cl2N3O2/c1-14-8-9-16(15(2)10-14)11-25(3)13-20(28)26(4)12-19(27)24-21-17(22)6-5-7-18(21)23/h5-10H,11-13H2,1-4H3,(H,24,27). The fourth-order valence-electron chi connectivity index (χ4n) is 2.82. The molecule has 0 heterocycles. The third-order valence-electron chi connectivity index (χ3n) is 4.38. The van der Waals surface area contributed by atoms with E-state index < -0.39 is 0 Å². The molecule has 0 saturated carbocycles. The summed E-state index contributed by atoms with van der Waals surface area (Å²) in [6.07, 6.45) is 0. The van der Waals surface area contributed by atoms with Gasteiger partial charge in [-0.2, -0.15) is 0 Å². The Morgan fingerprint density at radius 2 is 1.64 bits per heavy atom. The maximum Gasteiger partial charge on any atom is 0.244 e. The molecule has 0 fully saturated rings. The molecule has 28 heavy (non-hydrogen) atoms. The molecular formula is C21H25Cl2N3O2. The number of amides is 2. The molecule has 0 atom stereocenters.